The second-order valence-electron chi connectivity index (χ2n) is 4.41. The van der Waals surface area contributed by atoms with Crippen LogP contribution in [0.1, 0.15) is 6.92 Å². The van der Waals surface area contributed by atoms with E-state index in [1.165, 1.54) is 12.1 Å². The molecule has 1 amide bonds. The summed E-state index contributed by atoms with van der Waals surface area (Å²) in [6, 6.07) is 5.18. The molecule has 0 fully saturated rings. The molecule has 0 saturated carbocycles. The van der Waals surface area contributed by atoms with E-state index in [9.17, 15) is 9.18 Å². The van der Waals surface area contributed by atoms with Gasteiger partial charge in [0.15, 0.2) is 0 Å². The van der Waals surface area contributed by atoms with Crippen LogP contribution in [0.4, 0.5) is 4.39 Å². The Morgan fingerprint density at radius 2 is 1.86 bits per heavy atom. The molecule has 1 rings (SSSR count). The van der Waals surface area contributed by atoms with Crippen LogP contribution in [0.2, 0.25) is 0 Å². The van der Waals surface area contributed by atoms with Gasteiger partial charge in [-0.3, -0.25) is 4.79 Å². The van der Waals surface area contributed by atoms with E-state index in [4.69, 9.17) is 15.2 Å². The summed E-state index contributed by atoms with van der Waals surface area (Å²) in [5, 5.41) is 0. The van der Waals surface area contributed by atoms with E-state index >= 15 is 0 Å². The van der Waals surface area contributed by atoms with Crippen molar-refractivity contribution in [1.82, 2.24) is 4.90 Å². The van der Waals surface area contributed by atoms with Gasteiger partial charge in [0.05, 0.1) is 19.2 Å². The van der Waals surface area contributed by atoms with Gasteiger partial charge in [0, 0.05) is 13.7 Å². The lowest BCUT2D eigenvalue weighted by atomic mass is 10.3. The Bertz CT molecular complexity index is 415. The molecule has 2 N–H and O–H groups in total. The number of benzene rings is 1. The Kier molecular flexibility index (Phi) is 9.69. The van der Waals surface area contributed by atoms with E-state index in [1.54, 1.807) is 31.1 Å². The molecule has 5 nitrogen and oxygen atoms in total. The molecule has 0 heterocycles. The smallest absolute Gasteiger partial charge is 0.239 e. The highest BCUT2D eigenvalue weighted by atomic mass is 35.5. The lowest BCUT2D eigenvalue weighted by molar-refractivity contribution is -0.133. The van der Waals surface area contributed by atoms with Crippen LogP contribution in [0.3, 0.4) is 0 Å². The predicted octanol–water partition coefficient (Wildman–Crippen LogP) is 1.45. The molecule has 0 bridgehead atoms. The van der Waals surface area contributed by atoms with Crippen molar-refractivity contribution in [2.75, 3.05) is 33.4 Å². The van der Waals surface area contributed by atoms with Crippen LogP contribution in [-0.2, 0) is 9.53 Å². The highest BCUT2D eigenvalue weighted by Gasteiger charge is 2.16. The van der Waals surface area contributed by atoms with Crippen LogP contribution >= 0.6 is 12.4 Å². The lowest BCUT2D eigenvalue weighted by Gasteiger charge is -2.24. The third-order valence-corrected chi connectivity index (χ3v) is 2.71. The number of carbonyl (C=O) groups is 1. The van der Waals surface area contributed by atoms with Gasteiger partial charge in [-0.05, 0) is 31.2 Å². The van der Waals surface area contributed by atoms with Crippen LogP contribution < -0.4 is 10.5 Å². The molecule has 0 aliphatic heterocycles. The van der Waals surface area contributed by atoms with Gasteiger partial charge in [-0.1, -0.05) is 0 Å². The SMILES string of the molecule is COCCN(CCOc1ccc(F)cc1)C(=O)[C@H](C)N.Cl. The number of rotatable bonds is 8. The van der Waals surface area contributed by atoms with Crippen molar-refractivity contribution < 1.29 is 18.7 Å². The number of ether oxygens (including phenoxy) is 2. The Balaban J connectivity index is 0.00000400. The quantitative estimate of drug-likeness (QED) is 0.787. The Hall–Kier alpha value is -1.37. The van der Waals surface area contributed by atoms with Crippen LogP contribution in [0.15, 0.2) is 24.3 Å². The molecule has 0 aromatic heterocycles. The first-order chi connectivity index (χ1) is 9.54. The molecule has 0 radical (unpaired) electrons. The predicted molar refractivity (Wildman–Crippen MR) is 81.2 cm³/mol. The average Bonchev–Trinajstić information content (AvgIpc) is 2.43. The minimum Gasteiger partial charge on any atom is -0.492 e. The molecule has 0 spiro atoms. The summed E-state index contributed by atoms with van der Waals surface area (Å²) in [5.41, 5.74) is 5.59. The van der Waals surface area contributed by atoms with Gasteiger partial charge in [-0.15, -0.1) is 12.4 Å². The third kappa shape index (κ3) is 7.27. The van der Waals surface area contributed by atoms with Crippen LogP contribution in [-0.4, -0.2) is 50.3 Å². The first kappa shape index (κ1) is 19.6. The van der Waals surface area contributed by atoms with Crippen molar-refractivity contribution in [2.24, 2.45) is 5.73 Å². The van der Waals surface area contributed by atoms with Crippen molar-refractivity contribution in [3.05, 3.63) is 30.1 Å². The highest BCUT2D eigenvalue weighted by Crippen LogP contribution is 2.10. The Labute approximate surface area is 130 Å². The van der Waals surface area contributed by atoms with Gasteiger partial charge in [0.25, 0.3) is 0 Å². The molecule has 1 aromatic rings. The molecule has 1 aromatic carbocycles. The maximum Gasteiger partial charge on any atom is 0.239 e. The summed E-state index contributed by atoms with van der Waals surface area (Å²) in [4.78, 5) is 13.5. The van der Waals surface area contributed by atoms with Gasteiger partial charge in [-0.25, -0.2) is 4.39 Å². The average molecular weight is 321 g/mol. The zero-order valence-electron chi connectivity index (χ0n) is 12.3. The van der Waals surface area contributed by atoms with E-state index in [0.717, 1.165) is 0 Å². The molecule has 0 aliphatic rings. The van der Waals surface area contributed by atoms with Crippen LogP contribution in [0.5, 0.6) is 5.75 Å². The van der Waals surface area contributed by atoms with Crippen molar-refractivity contribution in [2.45, 2.75) is 13.0 Å². The maximum atomic E-state index is 12.7. The summed E-state index contributed by atoms with van der Waals surface area (Å²) >= 11 is 0. The van der Waals surface area contributed by atoms with E-state index in [2.05, 4.69) is 0 Å². The third-order valence-electron chi connectivity index (χ3n) is 2.71. The van der Waals surface area contributed by atoms with E-state index in [1.807, 2.05) is 0 Å². The van der Waals surface area contributed by atoms with Crippen molar-refractivity contribution >= 4 is 18.3 Å². The summed E-state index contributed by atoms with van der Waals surface area (Å²) in [5.74, 6) is 0.0994. The topological polar surface area (TPSA) is 64.8 Å². The molecule has 1 atom stereocenters. The Morgan fingerprint density at radius 3 is 2.38 bits per heavy atom. The highest BCUT2D eigenvalue weighted by molar-refractivity contribution is 5.85. The normalized spacial score (nSPS) is 11.4. The standard InChI is InChI=1S/C14H21FN2O3.ClH/c1-11(16)14(18)17(7-9-19-2)8-10-20-13-5-3-12(15)4-6-13;/h3-6,11H,7-10,16H2,1-2H3;1H/t11-;/m0./s1. The fraction of sp³-hybridized carbons (Fsp3) is 0.500. The zero-order valence-corrected chi connectivity index (χ0v) is 13.1. The molecule has 0 saturated heterocycles. The minimum absolute atomic E-state index is 0. The van der Waals surface area contributed by atoms with E-state index in [-0.39, 0.29) is 24.1 Å². The number of methoxy groups -OCH3 is 1. The van der Waals surface area contributed by atoms with Gasteiger partial charge in [-0.2, -0.15) is 0 Å². The van der Waals surface area contributed by atoms with Crippen LogP contribution in [0.25, 0.3) is 0 Å². The molecule has 0 unspecified atom stereocenters. The second-order valence-corrected chi connectivity index (χ2v) is 4.41. The number of hydrogen-bond donors (Lipinski definition) is 1. The fourth-order valence-electron chi connectivity index (χ4n) is 1.63. The number of carbonyl (C=O) groups excluding carboxylic acids is 1. The van der Waals surface area contributed by atoms with Crippen LogP contribution in [0, 0.1) is 5.82 Å². The van der Waals surface area contributed by atoms with Gasteiger partial charge >= 0.3 is 0 Å². The number of halogens is 2. The molecule has 7 heteroatoms. The Morgan fingerprint density at radius 1 is 1.29 bits per heavy atom. The second kappa shape index (κ2) is 10.4. The fourth-order valence-corrected chi connectivity index (χ4v) is 1.63. The van der Waals surface area contributed by atoms with Crippen molar-refractivity contribution in [3.8, 4) is 5.75 Å². The van der Waals surface area contributed by atoms with E-state index in [0.29, 0.717) is 32.1 Å². The monoisotopic (exact) mass is 320 g/mol. The number of nitrogens with two attached hydrogens (primary N) is 1. The van der Waals surface area contributed by atoms with Crippen molar-refractivity contribution in [1.29, 1.82) is 0 Å². The summed E-state index contributed by atoms with van der Waals surface area (Å²) < 4.78 is 23.2. The summed E-state index contributed by atoms with van der Waals surface area (Å²) in [7, 11) is 1.57. The lowest BCUT2D eigenvalue weighted by Crippen LogP contribution is -2.45. The van der Waals surface area contributed by atoms with Gasteiger partial charge in [0.1, 0.15) is 18.2 Å². The molecular formula is C14H22ClFN2O3. The molecule has 0 aliphatic carbocycles. The maximum absolute atomic E-state index is 12.7. The van der Waals surface area contributed by atoms with Gasteiger partial charge < -0.3 is 20.1 Å². The number of hydrogen-bond acceptors (Lipinski definition) is 4. The molecule has 120 valence electrons. The number of nitrogens with zero attached hydrogens (tertiary/aromatic N) is 1. The molecular weight excluding hydrogens is 299 g/mol. The first-order valence-corrected chi connectivity index (χ1v) is 6.46. The van der Waals surface area contributed by atoms with Gasteiger partial charge in [0.2, 0.25) is 5.91 Å². The molecule has 21 heavy (non-hydrogen) atoms. The summed E-state index contributed by atoms with van der Waals surface area (Å²) in [6.45, 7) is 3.26. The van der Waals surface area contributed by atoms with Crippen molar-refractivity contribution in [3.63, 3.8) is 0 Å². The number of amides is 1. The first-order valence-electron chi connectivity index (χ1n) is 6.46. The van der Waals surface area contributed by atoms with E-state index < -0.39 is 6.04 Å². The zero-order chi connectivity index (χ0) is 15.0. The summed E-state index contributed by atoms with van der Waals surface area (Å²) in [6.07, 6.45) is 0. The minimum atomic E-state index is -0.558. The largest absolute Gasteiger partial charge is 0.492 e.